The first kappa shape index (κ1) is 15.7. The summed E-state index contributed by atoms with van der Waals surface area (Å²) < 4.78 is 1.86. The number of hydrogen-bond acceptors (Lipinski definition) is 3. The molecular weight excluding hydrogens is 262 g/mol. The Morgan fingerprint density at radius 3 is 2.62 bits per heavy atom. The van der Waals surface area contributed by atoms with Crippen molar-refractivity contribution >= 4 is 0 Å². The van der Waals surface area contributed by atoms with Gasteiger partial charge in [-0.25, -0.2) is 0 Å². The summed E-state index contributed by atoms with van der Waals surface area (Å²) in [6.45, 7) is 5.68. The summed E-state index contributed by atoms with van der Waals surface area (Å²) in [6, 6.07) is 10.3. The quantitative estimate of drug-likeness (QED) is 0.823. The first-order valence-electron chi connectivity index (χ1n) is 7.53. The molecule has 2 aromatic rings. The molecule has 1 heterocycles. The Hall–Kier alpha value is -1.65. The van der Waals surface area contributed by atoms with Crippen molar-refractivity contribution in [2.75, 3.05) is 6.54 Å². The van der Waals surface area contributed by atoms with Gasteiger partial charge in [-0.1, -0.05) is 37.3 Å². The lowest BCUT2D eigenvalue weighted by molar-refractivity contribution is 0.163. The molecule has 1 aromatic heterocycles. The van der Waals surface area contributed by atoms with E-state index in [4.69, 9.17) is 0 Å². The predicted molar refractivity (Wildman–Crippen MR) is 85.8 cm³/mol. The fourth-order valence-corrected chi connectivity index (χ4v) is 2.62. The molecule has 0 aliphatic rings. The highest BCUT2D eigenvalue weighted by Gasteiger charge is 2.11. The summed E-state index contributed by atoms with van der Waals surface area (Å²) in [4.78, 5) is 0. The van der Waals surface area contributed by atoms with Gasteiger partial charge in [-0.3, -0.25) is 4.68 Å². The maximum absolute atomic E-state index is 9.39. The van der Waals surface area contributed by atoms with Crippen LogP contribution in [0, 0.1) is 5.92 Å². The van der Waals surface area contributed by atoms with Gasteiger partial charge in [0.05, 0.1) is 11.8 Å². The lowest BCUT2D eigenvalue weighted by Crippen LogP contribution is -2.23. The molecule has 114 valence electrons. The van der Waals surface area contributed by atoms with Gasteiger partial charge < -0.3 is 10.4 Å². The Kier molecular flexibility index (Phi) is 5.53. The van der Waals surface area contributed by atoms with Gasteiger partial charge in [0.1, 0.15) is 0 Å². The first-order valence-corrected chi connectivity index (χ1v) is 7.53. The zero-order valence-corrected chi connectivity index (χ0v) is 13.1. The highest BCUT2D eigenvalue weighted by Crippen LogP contribution is 2.21. The highest BCUT2D eigenvalue weighted by molar-refractivity contribution is 5.62. The molecule has 0 aliphatic carbocycles. The number of nitrogens with zero attached hydrogens (tertiary/aromatic N) is 2. The number of nitrogens with one attached hydrogen (secondary N) is 1. The molecule has 0 fully saturated rings. The minimum Gasteiger partial charge on any atom is -0.393 e. The van der Waals surface area contributed by atoms with Gasteiger partial charge in [0.25, 0.3) is 0 Å². The summed E-state index contributed by atoms with van der Waals surface area (Å²) >= 11 is 0. The molecule has 0 saturated heterocycles. The molecule has 2 rings (SSSR count). The SMILES string of the molecule is CC(O)CC(C)CNCc1cn(C)nc1-c1ccccc1. The number of aliphatic hydroxyl groups excluding tert-OH is 1. The number of hydrogen-bond donors (Lipinski definition) is 2. The molecule has 0 amide bonds. The number of aromatic nitrogens is 2. The summed E-state index contributed by atoms with van der Waals surface area (Å²) in [6.07, 6.45) is 2.65. The van der Waals surface area contributed by atoms with Gasteiger partial charge in [0.2, 0.25) is 0 Å². The third-order valence-electron chi connectivity index (χ3n) is 3.50. The average Bonchev–Trinajstić information content (AvgIpc) is 2.80. The summed E-state index contributed by atoms with van der Waals surface area (Å²) in [7, 11) is 1.95. The Balaban J connectivity index is 1.98. The highest BCUT2D eigenvalue weighted by atomic mass is 16.3. The molecule has 21 heavy (non-hydrogen) atoms. The normalized spacial score (nSPS) is 14.1. The Bertz CT molecular complexity index is 548. The molecule has 4 nitrogen and oxygen atoms in total. The van der Waals surface area contributed by atoms with Crippen LogP contribution in [0.2, 0.25) is 0 Å². The van der Waals surface area contributed by atoms with Crippen molar-refractivity contribution in [1.29, 1.82) is 0 Å². The fraction of sp³-hybridized carbons (Fsp3) is 0.471. The topological polar surface area (TPSA) is 50.1 Å². The van der Waals surface area contributed by atoms with E-state index in [1.807, 2.05) is 36.9 Å². The van der Waals surface area contributed by atoms with E-state index in [1.165, 1.54) is 5.56 Å². The van der Waals surface area contributed by atoms with Crippen LogP contribution in [0.25, 0.3) is 11.3 Å². The lowest BCUT2D eigenvalue weighted by atomic mass is 10.0. The smallest absolute Gasteiger partial charge is 0.0967 e. The van der Waals surface area contributed by atoms with E-state index in [0.29, 0.717) is 5.92 Å². The average molecular weight is 287 g/mol. The van der Waals surface area contributed by atoms with Crippen molar-refractivity contribution in [3.8, 4) is 11.3 Å². The van der Waals surface area contributed by atoms with Crippen molar-refractivity contribution in [2.45, 2.75) is 32.9 Å². The molecule has 0 bridgehead atoms. The number of aliphatic hydroxyl groups is 1. The van der Waals surface area contributed by atoms with Crippen LogP contribution in [0.15, 0.2) is 36.5 Å². The van der Waals surface area contributed by atoms with E-state index in [0.717, 1.165) is 30.8 Å². The molecule has 1 aromatic carbocycles. The Morgan fingerprint density at radius 2 is 1.95 bits per heavy atom. The summed E-state index contributed by atoms with van der Waals surface area (Å²) in [5.41, 5.74) is 3.38. The molecule has 0 saturated carbocycles. The van der Waals surface area contributed by atoms with Gasteiger partial charge in [-0.05, 0) is 25.8 Å². The molecule has 0 spiro atoms. The molecule has 0 radical (unpaired) electrons. The van der Waals surface area contributed by atoms with Crippen LogP contribution in [-0.2, 0) is 13.6 Å². The molecule has 2 unspecified atom stereocenters. The van der Waals surface area contributed by atoms with Crippen molar-refractivity contribution < 1.29 is 5.11 Å². The van der Waals surface area contributed by atoms with Crippen LogP contribution in [0.5, 0.6) is 0 Å². The molecular formula is C17H25N3O. The Morgan fingerprint density at radius 1 is 1.24 bits per heavy atom. The van der Waals surface area contributed by atoms with Crippen molar-refractivity contribution in [3.63, 3.8) is 0 Å². The van der Waals surface area contributed by atoms with Crippen molar-refractivity contribution in [2.24, 2.45) is 13.0 Å². The third-order valence-corrected chi connectivity index (χ3v) is 3.50. The maximum atomic E-state index is 9.39. The van der Waals surface area contributed by atoms with Crippen LogP contribution >= 0.6 is 0 Å². The second-order valence-electron chi connectivity index (χ2n) is 5.86. The summed E-state index contributed by atoms with van der Waals surface area (Å²) in [5, 5.41) is 17.4. The number of benzene rings is 1. The molecule has 2 atom stereocenters. The second-order valence-corrected chi connectivity index (χ2v) is 5.86. The first-order chi connectivity index (χ1) is 10.1. The number of rotatable bonds is 7. The number of aryl methyl sites for hydroxylation is 1. The zero-order chi connectivity index (χ0) is 15.2. The van der Waals surface area contributed by atoms with Crippen molar-refractivity contribution in [3.05, 3.63) is 42.1 Å². The maximum Gasteiger partial charge on any atom is 0.0967 e. The van der Waals surface area contributed by atoms with E-state index in [1.54, 1.807) is 0 Å². The van der Waals surface area contributed by atoms with Crippen LogP contribution < -0.4 is 5.32 Å². The fourth-order valence-electron chi connectivity index (χ4n) is 2.62. The van der Waals surface area contributed by atoms with E-state index in [2.05, 4.69) is 35.7 Å². The van der Waals surface area contributed by atoms with Gasteiger partial charge in [-0.2, -0.15) is 5.10 Å². The zero-order valence-electron chi connectivity index (χ0n) is 13.1. The minimum absolute atomic E-state index is 0.236. The van der Waals surface area contributed by atoms with E-state index < -0.39 is 0 Å². The molecule has 4 heteroatoms. The monoisotopic (exact) mass is 287 g/mol. The largest absolute Gasteiger partial charge is 0.393 e. The lowest BCUT2D eigenvalue weighted by Gasteiger charge is -2.14. The molecule has 0 aliphatic heterocycles. The van der Waals surface area contributed by atoms with Crippen LogP contribution in [-0.4, -0.2) is 27.5 Å². The summed E-state index contributed by atoms with van der Waals surface area (Å²) in [5.74, 6) is 0.460. The predicted octanol–water partition coefficient (Wildman–Crippen LogP) is 2.58. The van der Waals surface area contributed by atoms with Gasteiger partial charge in [0, 0.05) is 30.9 Å². The van der Waals surface area contributed by atoms with E-state index in [-0.39, 0.29) is 6.10 Å². The van der Waals surface area contributed by atoms with Crippen LogP contribution in [0.1, 0.15) is 25.8 Å². The van der Waals surface area contributed by atoms with E-state index >= 15 is 0 Å². The van der Waals surface area contributed by atoms with Gasteiger partial charge in [-0.15, -0.1) is 0 Å². The van der Waals surface area contributed by atoms with Gasteiger partial charge in [0.15, 0.2) is 0 Å². The van der Waals surface area contributed by atoms with Crippen molar-refractivity contribution in [1.82, 2.24) is 15.1 Å². The minimum atomic E-state index is -0.236. The standard InChI is InChI=1S/C17H25N3O/c1-13(9-14(2)21)10-18-11-16-12-20(3)19-17(16)15-7-5-4-6-8-15/h4-8,12-14,18,21H,9-11H2,1-3H3. The van der Waals surface area contributed by atoms with Gasteiger partial charge >= 0.3 is 0 Å². The Labute approximate surface area is 126 Å². The van der Waals surface area contributed by atoms with Crippen LogP contribution in [0.4, 0.5) is 0 Å². The van der Waals surface area contributed by atoms with Crippen LogP contribution in [0.3, 0.4) is 0 Å². The van der Waals surface area contributed by atoms with E-state index in [9.17, 15) is 5.11 Å². The molecule has 2 N–H and O–H groups in total. The second kappa shape index (κ2) is 7.38. The third kappa shape index (κ3) is 4.69.